The third-order valence-electron chi connectivity index (χ3n) is 6.29. The molecule has 2 saturated heterocycles. The molecular formula is C22H24FN3O6. The maximum atomic E-state index is 14.1. The summed E-state index contributed by atoms with van der Waals surface area (Å²) in [7, 11) is 0. The second kappa shape index (κ2) is 8.78. The van der Waals surface area contributed by atoms with Gasteiger partial charge >= 0.3 is 5.97 Å². The fraction of sp³-hybridized carbons (Fsp3) is 0.500. The Labute approximate surface area is 184 Å². The third-order valence-corrected chi connectivity index (χ3v) is 6.29. The number of rotatable bonds is 6. The molecule has 10 heteroatoms. The van der Waals surface area contributed by atoms with Crippen molar-refractivity contribution in [1.82, 2.24) is 14.7 Å². The molecule has 3 heterocycles. The van der Waals surface area contributed by atoms with Crippen LogP contribution in [0.5, 0.6) is 0 Å². The van der Waals surface area contributed by atoms with Gasteiger partial charge in [0.25, 0.3) is 17.7 Å². The minimum atomic E-state index is -1.21. The zero-order chi connectivity index (χ0) is 23.0. The van der Waals surface area contributed by atoms with E-state index in [4.69, 9.17) is 4.74 Å². The largest absolute Gasteiger partial charge is 0.463 e. The highest BCUT2D eigenvalue weighted by Crippen LogP contribution is 2.30. The van der Waals surface area contributed by atoms with E-state index in [-0.39, 0.29) is 43.2 Å². The summed E-state index contributed by atoms with van der Waals surface area (Å²) >= 11 is 0. The Morgan fingerprint density at radius 2 is 1.94 bits per heavy atom. The Hall–Kier alpha value is -3.14. The monoisotopic (exact) mass is 445 g/mol. The zero-order valence-electron chi connectivity index (χ0n) is 17.7. The molecule has 0 spiro atoms. The molecule has 3 aliphatic heterocycles. The Balaban J connectivity index is 1.42. The highest BCUT2D eigenvalue weighted by molar-refractivity contribution is 6.23. The molecule has 0 N–H and O–H groups in total. The maximum Gasteiger partial charge on any atom is 0.323 e. The number of hydrogen-bond donors (Lipinski definition) is 0. The minimum Gasteiger partial charge on any atom is -0.463 e. The lowest BCUT2D eigenvalue weighted by Gasteiger charge is -2.34. The summed E-state index contributed by atoms with van der Waals surface area (Å²) in [4.78, 5) is 66.8. The van der Waals surface area contributed by atoms with Crippen LogP contribution in [0.3, 0.4) is 0 Å². The number of imide groups is 2. The van der Waals surface area contributed by atoms with Gasteiger partial charge in [0.2, 0.25) is 5.91 Å². The number of hydrogen-bond acceptors (Lipinski definition) is 7. The van der Waals surface area contributed by atoms with Crippen molar-refractivity contribution < 1.29 is 33.1 Å². The standard InChI is InChI=1S/C22H24FN3O6/c1-2-24-10-4-7-16(24)22(31)32-12-11-25-17(27)9-8-15(20(25)29)26-19(28)13-5-3-6-14(23)18(13)21(26)30/h3,5-6,15-16H,2,4,7-12H2,1H3/t15?,16-/m0/s1. The Morgan fingerprint density at radius 3 is 2.66 bits per heavy atom. The van der Waals surface area contributed by atoms with Gasteiger partial charge in [-0.3, -0.25) is 38.7 Å². The topological polar surface area (TPSA) is 104 Å². The number of benzene rings is 1. The second-order valence-corrected chi connectivity index (χ2v) is 8.03. The number of amides is 4. The van der Waals surface area contributed by atoms with Crippen molar-refractivity contribution in [2.75, 3.05) is 26.2 Å². The number of halogens is 1. The molecule has 1 aromatic rings. The Morgan fingerprint density at radius 1 is 1.16 bits per heavy atom. The number of nitrogens with zero attached hydrogens (tertiary/aromatic N) is 3. The molecule has 32 heavy (non-hydrogen) atoms. The predicted molar refractivity (Wildman–Crippen MR) is 108 cm³/mol. The number of piperidine rings is 1. The van der Waals surface area contributed by atoms with Gasteiger partial charge in [-0.2, -0.15) is 0 Å². The molecule has 0 bridgehead atoms. The van der Waals surface area contributed by atoms with Crippen LogP contribution >= 0.6 is 0 Å². The molecule has 4 rings (SSSR count). The smallest absolute Gasteiger partial charge is 0.323 e. The number of ether oxygens (including phenoxy) is 1. The van der Waals surface area contributed by atoms with Crippen molar-refractivity contribution in [3.05, 3.63) is 35.1 Å². The molecule has 170 valence electrons. The second-order valence-electron chi connectivity index (χ2n) is 8.03. The molecule has 0 saturated carbocycles. The van der Waals surface area contributed by atoms with Gasteiger partial charge in [0, 0.05) is 6.42 Å². The van der Waals surface area contributed by atoms with Crippen molar-refractivity contribution in [1.29, 1.82) is 0 Å². The van der Waals surface area contributed by atoms with Crippen molar-refractivity contribution >= 4 is 29.6 Å². The Bertz CT molecular complexity index is 996. The molecule has 1 unspecified atom stereocenters. The molecule has 0 aromatic heterocycles. The van der Waals surface area contributed by atoms with Crippen molar-refractivity contribution in [2.45, 2.75) is 44.7 Å². The average molecular weight is 445 g/mol. The number of fused-ring (bicyclic) bond motifs is 1. The molecule has 2 atom stereocenters. The van der Waals surface area contributed by atoms with E-state index in [2.05, 4.69) is 0 Å². The van der Waals surface area contributed by atoms with E-state index >= 15 is 0 Å². The van der Waals surface area contributed by atoms with E-state index in [1.54, 1.807) is 0 Å². The fourth-order valence-corrected chi connectivity index (χ4v) is 4.65. The van der Waals surface area contributed by atoms with E-state index in [0.717, 1.165) is 35.4 Å². The van der Waals surface area contributed by atoms with Crippen LogP contribution in [-0.2, 0) is 19.1 Å². The van der Waals surface area contributed by atoms with Gasteiger partial charge < -0.3 is 4.74 Å². The van der Waals surface area contributed by atoms with E-state index in [9.17, 15) is 28.4 Å². The number of carbonyl (C=O) groups excluding carboxylic acids is 5. The van der Waals surface area contributed by atoms with E-state index in [0.29, 0.717) is 6.42 Å². The molecule has 0 radical (unpaired) electrons. The van der Waals surface area contributed by atoms with Gasteiger partial charge in [-0.25, -0.2) is 4.39 Å². The van der Waals surface area contributed by atoms with Crippen LogP contribution in [0.25, 0.3) is 0 Å². The number of likely N-dealkylation sites (tertiary alicyclic amines) is 2. The quantitative estimate of drug-likeness (QED) is 0.475. The van der Waals surface area contributed by atoms with Gasteiger partial charge in [-0.1, -0.05) is 13.0 Å². The fourth-order valence-electron chi connectivity index (χ4n) is 4.65. The lowest BCUT2D eigenvalue weighted by Crippen LogP contribution is -2.56. The first-order valence-electron chi connectivity index (χ1n) is 10.8. The first kappa shape index (κ1) is 22.1. The lowest BCUT2D eigenvalue weighted by molar-refractivity contribution is -0.157. The normalized spacial score (nSPS) is 23.8. The number of likely N-dealkylation sites (N-methyl/N-ethyl adjacent to an activating group) is 1. The van der Waals surface area contributed by atoms with Crippen molar-refractivity contribution in [2.24, 2.45) is 0 Å². The highest BCUT2D eigenvalue weighted by atomic mass is 19.1. The summed E-state index contributed by atoms with van der Waals surface area (Å²) in [6.07, 6.45) is 1.51. The summed E-state index contributed by atoms with van der Waals surface area (Å²) in [5, 5.41) is 0. The van der Waals surface area contributed by atoms with Gasteiger partial charge in [-0.15, -0.1) is 0 Å². The van der Waals surface area contributed by atoms with Crippen LogP contribution in [0, 0.1) is 5.82 Å². The number of esters is 1. The first-order chi connectivity index (χ1) is 15.3. The summed E-state index contributed by atoms with van der Waals surface area (Å²) in [6.45, 7) is 3.17. The zero-order valence-corrected chi connectivity index (χ0v) is 17.7. The minimum absolute atomic E-state index is 0.0332. The summed E-state index contributed by atoms with van der Waals surface area (Å²) < 4.78 is 19.4. The predicted octanol–water partition coefficient (Wildman–Crippen LogP) is 0.967. The van der Waals surface area contributed by atoms with Gasteiger partial charge in [0.1, 0.15) is 24.5 Å². The van der Waals surface area contributed by atoms with Crippen LogP contribution in [0.15, 0.2) is 18.2 Å². The van der Waals surface area contributed by atoms with Crippen LogP contribution < -0.4 is 0 Å². The van der Waals surface area contributed by atoms with Crippen molar-refractivity contribution in [3.8, 4) is 0 Å². The molecule has 0 aliphatic carbocycles. The molecule has 2 fully saturated rings. The van der Waals surface area contributed by atoms with Gasteiger partial charge in [0.15, 0.2) is 0 Å². The number of carbonyl (C=O) groups is 5. The maximum absolute atomic E-state index is 14.1. The van der Waals surface area contributed by atoms with Crippen molar-refractivity contribution in [3.63, 3.8) is 0 Å². The van der Waals surface area contributed by atoms with E-state index in [1.165, 1.54) is 12.1 Å². The van der Waals surface area contributed by atoms with Crippen LogP contribution in [0.4, 0.5) is 4.39 Å². The summed E-state index contributed by atoms with van der Waals surface area (Å²) in [5.41, 5.74) is -0.461. The molecule has 1 aromatic carbocycles. The summed E-state index contributed by atoms with van der Waals surface area (Å²) in [6, 6.07) is 2.19. The first-order valence-corrected chi connectivity index (χ1v) is 10.8. The van der Waals surface area contributed by atoms with Gasteiger partial charge in [-0.05, 0) is 44.5 Å². The molecule has 9 nitrogen and oxygen atoms in total. The lowest BCUT2D eigenvalue weighted by atomic mass is 10.0. The summed E-state index contributed by atoms with van der Waals surface area (Å²) in [5.74, 6) is -4.08. The molecule has 3 aliphatic rings. The average Bonchev–Trinajstić information content (AvgIpc) is 3.35. The van der Waals surface area contributed by atoms with Crippen LogP contribution in [0.1, 0.15) is 53.3 Å². The third kappa shape index (κ3) is 3.68. The molecular weight excluding hydrogens is 421 g/mol. The SMILES string of the molecule is CCN1CCC[C@H]1C(=O)OCCN1C(=O)CCC(N2C(=O)c3cccc(F)c3C2=O)C1=O. The van der Waals surface area contributed by atoms with E-state index < -0.39 is 41.5 Å². The van der Waals surface area contributed by atoms with Crippen LogP contribution in [0.2, 0.25) is 0 Å². The Kier molecular flexibility index (Phi) is 6.05. The highest BCUT2D eigenvalue weighted by Gasteiger charge is 2.48. The van der Waals surface area contributed by atoms with Gasteiger partial charge in [0.05, 0.1) is 17.7 Å². The molecule has 4 amide bonds. The van der Waals surface area contributed by atoms with E-state index in [1.807, 2.05) is 11.8 Å². The van der Waals surface area contributed by atoms with Crippen LogP contribution in [-0.4, -0.2) is 82.6 Å².